The molecule has 3 heterocycles. The SMILES string of the molecule is Cl.O=C(Nc1ccc2c(c1F)CCNC2)C1CCCCN1C(=O)C1CCCO1. The zero-order valence-electron chi connectivity index (χ0n) is 15.8. The minimum Gasteiger partial charge on any atom is -0.368 e. The lowest BCUT2D eigenvalue weighted by Crippen LogP contribution is -2.53. The van der Waals surface area contributed by atoms with E-state index in [2.05, 4.69) is 10.6 Å². The lowest BCUT2D eigenvalue weighted by Gasteiger charge is -2.36. The van der Waals surface area contributed by atoms with Crippen molar-refractivity contribution in [3.63, 3.8) is 0 Å². The zero-order chi connectivity index (χ0) is 18.8. The van der Waals surface area contributed by atoms with Gasteiger partial charge in [0, 0.05) is 19.7 Å². The van der Waals surface area contributed by atoms with Crippen molar-refractivity contribution in [1.29, 1.82) is 0 Å². The maximum Gasteiger partial charge on any atom is 0.252 e. The van der Waals surface area contributed by atoms with Crippen LogP contribution in [0.25, 0.3) is 0 Å². The van der Waals surface area contributed by atoms with Crippen LogP contribution in [0.1, 0.15) is 43.2 Å². The average molecular weight is 412 g/mol. The number of anilines is 1. The number of ether oxygens (including phenoxy) is 1. The number of carbonyl (C=O) groups excluding carboxylic acids is 2. The molecule has 1 aromatic rings. The fraction of sp³-hybridized carbons (Fsp3) is 0.600. The Balaban J connectivity index is 0.00000225. The van der Waals surface area contributed by atoms with Crippen LogP contribution in [-0.4, -0.2) is 48.6 Å². The Morgan fingerprint density at radius 3 is 2.86 bits per heavy atom. The van der Waals surface area contributed by atoms with Gasteiger partial charge in [-0.15, -0.1) is 12.4 Å². The molecule has 8 heteroatoms. The van der Waals surface area contributed by atoms with Gasteiger partial charge in [-0.2, -0.15) is 0 Å². The van der Waals surface area contributed by atoms with E-state index in [9.17, 15) is 14.0 Å². The number of nitrogens with zero attached hydrogens (tertiary/aromatic N) is 1. The van der Waals surface area contributed by atoms with Crippen LogP contribution in [0.15, 0.2) is 12.1 Å². The van der Waals surface area contributed by atoms with Gasteiger partial charge in [-0.3, -0.25) is 9.59 Å². The topological polar surface area (TPSA) is 70.7 Å². The summed E-state index contributed by atoms with van der Waals surface area (Å²) in [5, 5.41) is 5.95. The lowest BCUT2D eigenvalue weighted by atomic mass is 9.98. The van der Waals surface area contributed by atoms with Gasteiger partial charge in [0.15, 0.2) is 0 Å². The average Bonchev–Trinajstić information content (AvgIpc) is 3.24. The Hall–Kier alpha value is -1.70. The molecule has 2 atom stereocenters. The first-order valence-electron chi connectivity index (χ1n) is 9.89. The van der Waals surface area contributed by atoms with Crippen LogP contribution < -0.4 is 10.6 Å². The van der Waals surface area contributed by atoms with E-state index >= 15 is 0 Å². The third kappa shape index (κ3) is 4.16. The summed E-state index contributed by atoms with van der Waals surface area (Å²) < 4.78 is 20.3. The van der Waals surface area contributed by atoms with Gasteiger partial charge in [0.25, 0.3) is 5.91 Å². The van der Waals surface area contributed by atoms with Crippen molar-refractivity contribution in [1.82, 2.24) is 10.2 Å². The molecule has 3 aliphatic heterocycles. The van der Waals surface area contributed by atoms with Crippen molar-refractivity contribution in [2.45, 2.75) is 57.2 Å². The normalized spacial score (nSPS) is 24.2. The Kier molecular flexibility index (Phi) is 6.91. The maximum absolute atomic E-state index is 14.8. The standard InChI is InChI=1S/C20H26FN3O3.ClH/c21-18-14-8-9-22-12-13(14)6-7-15(18)23-19(25)16-4-1-2-10-24(16)20(26)17-5-3-11-27-17;/h6-7,16-17,22H,1-5,8-12H2,(H,23,25);1H. The minimum atomic E-state index is -0.562. The largest absolute Gasteiger partial charge is 0.368 e. The van der Waals surface area contributed by atoms with Crippen molar-refractivity contribution in [2.75, 3.05) is 25.0 Å². The Bertz CT molecular complexity index is 740. The molecule has 0 aliphatic carbocycles. The molecule has 154 valence electrons. The van der Waals surface area contributed by atoms with Crippen LogP contribution in [-0.2, 0) is 27.3 Å². The van der Waals surface area contributed by atoms with E-state index in [1.54, 1.807) is 11.0 Å². The van der Waals surface area contributed by atoms with E-state index in [0.717, 1.165) is 31.4 Å². The number of hydrogen-bond acceptors (Lipinski definition) is 4. The van der Waals surface area contributed by atoms with Crippen molar-refractivity contribution in [3.8, 4) is 0 Å². The second kappa shape index (κ2) is 9.20. The molecule has 0 bridgehead atoms. The summed E-state index contributed by atoms with van der Waals surface area (Å²) in [6.45, 7) is 2.52. The molecule has 0 spiro atoms. The number of piperidine rings is 1. The molecule has 1 aromatic carbocycles. The molecule has 3 aliphatic rings. The van der Waals surface area contributed by atoms with Crippen molar-refractivity contribution >= 4 is 29.9 Å². The molecular weight excluding hydrogens is 385 g/mol. The van der Waals surface area contributed by atoms with Gasteiger partial charge < -0.3 is 20.3 Å². The van der Waals surface area contributed by atoms with Crippen LogP contribution in [0.2, 0.25) is 0 Å². The second-order valence-corrected chi connectivity index (χ2v) is 7.53. The number of benzene rings is 1. The highest BCUT2D eigenvalue weighted by atomic mass is 35.5. The fourth-order valence-electron chi connectivity index (χ4n) is 4.27. The van der Waals surface area contributed by atoms with Crippen LogP contribution in [0.5, 0.6) is 0 Å². The van der Waals surface area contributed by atoms with Gasteiger partial charge >= 0.3 is 0 Å². The molecule has 2 saturated heterocycles. The zero-order valence-corrected chi connectivity index (χ0v) is 16.7. The molecule has 2 N–H and O–H groups in total. The third-order valence-corrected chi connectivity index (χ3v) is 5.76. The van der Waals surface area contributed by atoms with Gasteiger partial charge in [-0.1, -0.05) is 6.07 Å². The lowest BCUT2D eigenvalue weighted by molar-refractivity contribution is -0.148. The molecule has 6 nitrogen and oxygen atoms in total. The summed E-state index contributed by atoms with van der Waals surface area (Å²) in [5.74, 6) is -0.770. The summed E-state index contributed by atoms with van der Waals surface area (Å²) in [6.07, 6.45) is 4.10. The van der Waals surface area contributed by atoms with Gasteiger partial charge in [-0.05, 0) is 62.3 Å². The Morgan fingerprint density at radius 2 is 2.07 bits per heavy atom. The molecule has 2 fully saturated rings. The number of likely N-dealkylation sites (tertiary alicyclic amines) is 1. The van der Waals surface area contributed by atoms with Crippen LogP contribution >= 0.6 is 12.4 Å². The first-order valence-corrected chi connectivity index (χ1v) is 9.89. The van der Waals surface area contributed by atoms with E-state index in [1.807, 2.05) is 6.07 Å². The summed E-state index contributed by atoms with van der Waals surface area (Å²) in [7, 11) is 0. The summed E-state index contributed by atoms with van der Waals surface area (Å²) in [5.41, 5.74) is 1.81. The maximum atomic E-state index is 14.8. The van der Waals surface area contributed by atoms with E-state index < -0.39 is 12.1 Å². The number of nitrogens with one attached hydrogen (secondary N) is 2. The highest BCUT2D eigenvalue weighted by Crippen LogP contribution is 2.27. The molecule has 0 aromatic heterocycles. The second-order valence-electron chi connectivity index (χ2n) is 7.53. The van der Waals surface area contributed by atoms with E-state index in [-0.39, 0.29) is 35.7 Å². The van der Waals surface area contributed by atoms with Crippen molar-refractivity contribution < 1.29 is 18.7 Å². The van der Waals surface area contributed by atoms with Gasteiger partial charge in [0.2, 0.25) is 5.91 Å². The molecule has 28 heavy (non-hydrogen) atoms. The summed E-state index contributed by atoms with van der Waals surface area (Å²) in [6, 6.07) is 2.91. The molecule has 4 rings (SSSR count). The predicted octanol–water partition coefficient (Wildman–Crippen LogP) is 2.39. The van der Waals surface area contributed by atoms with Crippen LogP contribution in [0.4, 0.5) is 10.1 Å². The van der Waals surface area contributed by atoms with Crippen LogP contribution in [0, 0.1) is 5.82 Å². The van der Waals surface area contributed by atoms with Crippen molar-refractivity contribution in [3.05, 3.63) is 29.1 Å². The number of carbonyl (C=O) groups is 2. The Labute approximate surface area is 170 Å². The van der Waals surface area contributed by atoms with Crippen LogP contribution in [0.3, 0.4) is 0 Å². The first kappa shape index (κ1) is 21.0. The van der Waals surface area contributed by atoms with Gasteiger partial charge in [0.1, 0.15) is 18.0 Å². The van der Waals surface area contributed by atoms with Gasteiger partial charge in [-0.25, -0.2) is 4.39 Å². The van der Waals surface area contributed by atoms with E-state index in [0.29, 0.717) is 44.5 Å². The monoisotopic (exact) mass is 411 g/mol. The number of hydrogen-bond donors (Lipinski definition) is 2. The molecule has 2 amide bonds. The van der Waals surface area contributed by atoms with E-state index in [4.69, 9.17) is 4.74 Å². The molecule has 0 radical (unpaired) electrons. The molecular formula is C20H27ClFN3O3. The molecule has 0 saturated carbocycles. The molecule has 2 unspecified atom stereocenters. The highest BCUT2D eigenvalue weighted by molar-refractivity contribution is 5.98. The first-order chi connectivity index (χ1) is 13.1. The predicted molar refractivity (Wildman–Crippen MR) is 106 cm³/mol. The fourth-order valence-corrected chi connectivity index (χ4v) is 4.27. The number of rotatable bonds is 3. The number of amides is 2. The third-order valence-electron chi connectivity index (χ3n) is 5.76. The van der Waals surface area contributed by atoms with Crippen molar-refractivity contribution in [2.24, 2.45) is 0 Å². The quantitative estimate of drug-likeness (QED) is 0.801. The summed E-state index contributed by atoms with van der Waals surface area (Å²) in [4.78, 5) is 27.3. The summed E-state index contributed by atoms with van der Waals surface area (Å²) >= 11 is 0. The van der Waals surface area contributed by atoms with Gasteiger partial charge in [0.05, 0.1) is 5.69 Å². The number of fused-ring (bicyclic) bond motifs is 1. The number of halogens is 2. The highest BCUT2D eigenvalue weighted by Gasteiger charge is 2.37. The smallest absolute Gasteiger partial charge is 0.252 e. The minimum absolute atomic E-state index is 0. The Morgan fingerprint density at radius 1 is 1.21 bits per heavy atom. The van der Waals surface area contributed by atoms with E-state index in [1.165, 1.54) is 0 Å².